The fourth-order valence-corrected chi connectivity index (χ4v) is 2.00. The highest BCUT2D eigenvalue weighted by molar-refractivity contribution is 6.31. The Balaban J connectivity index is 2.19. The Morgan fingerprint density at radius 2 is 1.78 bits per heavy atom. The molecule has 2 rings (SSSR count). The number of anilines is 1. The Morgan fingerprint density at radius 3 is 2.39 bits per heavy atom. The molecule has 94 valence electrons. The summed E-state index contributed by atoms with van der Waals surface area (Å²) >= 11 is 11.5. The predicted octanol–water partition coefficient (Wildman–Crippen LogP) is 3.12. The van der Waals surface area contributed by atoms with Gasteiger partial charge in [0.15, 0.2) is 0 Å². The van der Waals surface area contributed by atoms with Crippen LogP contribution in [0.2, 0.25) is 10.6 Å². The molecule has 0 aliphatic heterocycles. The number of aryl methyl sites for hydroxylation is 1. The van der Waals surface area contributed by atoms with E-state index in [-0.39, 0.29) is 10.6 Å². The summed E-state index contributed by atoms with van der Waals surface area (Å²) in [5.74, 6) is 0.460. The fraction of sp³-hybridized carbons (Fsp3) is 0.250. The van der Waals surface area contributed by atoms with Crippen LogP contribution >= 0.6 is 23.2 Å². The third-order valence-corrected chi connectivity index (χ3v) is 2.75. The van der Waals surface area contributed by atoms with E-state index in [9.17, 15) is 0 Å². The van der Waals surface area contributed by atoms with Crippen molar-refractivity contribution in [3.8, 4) is 0 Å². The Bertz CT molecular complexity index is 539. The Kier molecular flexibility index (Phi) is 3.99. The smallest absolute Gasteiger partial charge is 0.231 e. The molecule has 1 aromatic heterocycles. The maximum atomic E-state index is 5.75. The summed E-state index contributed by atoms with van der Waals surface area (Å²) < 4.78 is 0. The highest BCUT2D eigenvalue weighted by Crippen LogP contribution is 2.15. The molecule has 1 aromatic carbocycles. The molecule has 0 amide bonds. The molecule has 2 aromatic rings. The summed E-state index contributed by atoms with van der Waals surface area (Å²) in [4.78, 5) is 13.7. The number of hydrogen-bond acceptors (Lipinski definition) is 4. The second-order valence-electron chi connectivity index (χ2n) is 4.02. The van der Waals surface area contributed by atoms with Crippen LogP contribution in [0.25, 0.3) is 0 Å². The van der Waals surface area contributed by atoms with Gasteiger partial charge in [0.05, 0.1) is 0 Å². The fourth-order valence-electron chi connectivity index (χ4n) is 1.64. The lowest BCUT2D eigenvalue weighted by atomic mass is 10.1. The third-order valence-electron chi connectivity index (χ3n) is 2.41. The Morgan fingerprint density at radius 1 is 1.11 bits per heavy atom. The normalized spacial score (nSPS) is 10.4. The molecular formula is C12H12Cl2N4. The van der Waals surface area contributed by atoms with E-state index in [4.69, 9.17) is 23.2 Å². The molecule has 0 saturated heterocycles. The molecule has 0 fully saturated rings. The van der Waals surface area contributed by atoms with Crippen molar-refractivity contribution in [1.82, 2.24) is 15.0 Å². The van der Waals surface area contributed by atoms with E-state index in [1.165, 1.54) is 11.1 Å². The lowest BCUT2D eigenvalue weighted by Crippen LogP contribution is -2.19. The molecule has 0 atom stereocenters. The molecule has 1 heterocycles. The summed E-state index contributed by atoms with van der Waals surface area (Å²) in [5, 5.41) is 0.196. The number of benzene rings is 1. The van der Waals surface area contributed by atoms with Crippen LogP contribution in [0, 0.1) is 6.92 Å². The molecule has 0 radical (unpaired) electrons. The average Bonchev–Trinajstić information content (AvgIpc) is 2.27. The van der Waals surface area contributed by atoms with Crippen molar-refractivity contribution in [1.29, 1.82) is 0 Å². The van der Waals surface area contributed by atoms with E-state index >= 15 is 0 Å². The summed E-state index contributed by atoms with van der Waals surface area (Å²) in [6, 6.07) is 8.24. The van der Waals surface area contributed by atoms with Crippen LogP contribution in [0.3, 0.4) is 0 Å². The minimum atomic E-state index is 0.0982. The predicted molar refractivity (Wildman–Crippen MR) is 73.1 cm³/mol. The van der Waals surface area contributed by atoms with Gasteiger partial charge < -0.3 is 4.90 Å². The molecule has 4 nitrogen and oxygen atoms in total. The highest BCUT2D eigenvalue weighted by Gasteiger charge is 2.08. The molecule has 0 aliphatic carbocycles. The van der Waals surface area contributed by atoms with Gasteiger partial charge in [-0.2, -0.15) is 15.0 Å². The van der Waals surface area contributed by atoms with Gasteiger partial charge in [-0.1, -0.05) is 29.8 Å². The van der Waals surface area contributed by atoms with Gasteiger partial charge >= 0.3 is 0 Å². The van der Waals surface area contributed by atoms with E-state index in [0.29, 0.717) is 12.5 Å². The van der Waals surface area contributed by atoms with Gasteiger partial charge in [-0.15, -0.1) is 0 Å². The monoisotopic (exact) mass is 282 g/mol. The first kappa shape index (κ1) is 13.1. The van der Waals surface area contributed by atoms with Gasteiger partial charge in [0.1, 0.15) is 0 Å². The van der Waals surface area contributed by atoms with Crippen molar-refractivity contribution in [3.05, 3.63) is 46.0 Å². The van der Waals surface area contributed by atoms with Crippen LogP contribution in [-0.4, -0.2) is 22.0 Å². The topological polar surface area (TPSA) is 41.9 Å². The second-order valence-corrected chi connectivity index (χ2v) is 4.69. The van der Waals surface area contributed by atoms with E-state index in [1.807, 2.05) is 24.1 Å². The van der Waals surface area contributed by atoms with Gasteiger partial charge in [-0.3, -0.25) is 0 Å². The molecule has 0 saturated carbocycles. The van der Waals surface area contributed by atoms with E-state index < -0.39 is 0 Å². The zero-order valence-corrected chi connectivity index (χ0v) is 11.6. The molecule has 0 spiro atoms. The van der Waals surface area contributed by atoms with Crippen LogP contribution in [0.5, 0.6) is 0 Å². The number of nitrogens with zero attached hydrogens (tertiary/aromatic N) is 4. The van der Waals surface area contributed by atoms with Gasteiger partial charge in [-0.25, -0.2) is 0 Å². The standard InChI is InChI=1S/C12H12Cl2N4/c1-8-4-3-5-9(6-8)7-18(2)12-16-10(13)15-11(14)17-12/h3-6H,7H2,1-2H3. The Labute approximate surface area is 116 Å². The maximum Gasteiger partial charge on any atom is 0.231 e. The van der Waals surface area contributed by atoms with Crippen molar-refractivity contribution >= 4 is 29.2 Å². The van der Waals surface area contributed by atoms with Crippen molar-refractivity contribution < 1.29 is 0 Å². The molecule has 0 N–H and O–H groups in total. The molecular weight excluding hydrogens is 271 g/mol. The van der Waals surface area contributed by atoms with Crippen molar-refractivity contribution in [3.63, 3.8) is 0 Å². The van der Waals surface area contributed by atoms with Crippen LogP contribution in [0.15, 0.2) is 24.3 Å². The summed E-state index contributed by atoms with van der Waals surface area (Å²) in [6.45, 7) is 2.73. The summed E-state index contributed by atoms with van der Waals surface area (Å²) in [7, 11) is 1.88. The van der Waals surface area contributed by atoms with Crippen molar-refractivity contribution in [2.24, 2.45) is 0 Å². The van der Waals surface area contributed by atoms with Gasteiger partial charge in [0.2, 0.25) is 16.5 Å². The molecule has 0 bridgehead atoms. The number of halogens is 2. The second kappa shape index (κ2) is 5.50. The lowest BCUT2D eigenvalue weighted by molar-refractivity contribution is 0.852. The summed E-state index contributed by atoms with van der Waals surface area (Å²) in [5.41, 5.74) is 2.39. The van der Waals surface area contributed by atoms with Gasteiger partial charge in [-0.05, 0) is 35.7 Å². The van der Waals surface area contributed by atoms with E-state index in [2.05, 4.69) is 34.0 Å². The molecule has 18 heavy (non-hydrogen) atoms. The zero-order chi connectivity index (χ0) is 13.1. The largest absolute Gasteiger partial charge is 0.339 e. The zero-order valence-electron chi connectivity index (χ0n) is 10.1. The quantitative estimate of drug-likeness (QED) is 0.868. The molecule has 6 heteroatoms. The first-order valence-electron chi connectivity index (χ1n) is 5.38. The molecule has 0 aliphatic rings. The van der Waals surface area contributed by atoms with Crippen LogP contribution in [0.4, 0.5) is 5.95 Å². The van der Waals surface area contributed by atoms with Gasteiger partial charge in [0.25, 0.3) is 0 Å². The lowest BCUT2D eigenvalue weighted by Gasteiger charge is -2.17. The summed E-state index contributed by atoms with van der Waals surface area (Å²) in [6.07, 6.45) is 0. The first-order chi connectivity index (χ1) is 8.54. The minimum absolute atomic E-state index is 0.0982. The van der Waals surface area contributed by atoms with Crippen molar-refractivity contribution in [2.45, 2.75) is 13.5 Å². The minimum Gasteiger partial charge on any atom is -0.339 e. The number of hydrogen-bond donors (Lipinski definition) is 0. The van der Waals surface area contributed by atoms with Crippen LogP contribution in [0.1, 0.15) is 11.1 Å². The third kappa shape index (κ3) is 3.31. The highest BCUT2D eigenvalue weighted by atomic mass is 35.5. The van der Waals surface area contributed by atoms with Crippen LogP contribution in [-0.2, 0) is 6.54 Å². The maximum absolute atomic E-state index is 5.75. The van der Waals surface area contributed by atoms with Crippen molar-refractivity contribution in [2.75, 3.05) is 11.9 Å². The van der Waals surface area contributed by atoms with E-state index in [0.717, 1.165) is 0 Å². The average molecular weight is 283 g/mol. The number of aromatic nitrogens is 3. The Hall–Kier alpha value is -1.39. The van der Waals surface area contributed by atoms with Crippen LogP contribution < -0.4 is 4.90 Å². The number of rotatable bonds is 3. The SMILES string of the molecule is Cc1cccc(CN(C)c2nc(Cl)nc(Cl)n2)c1. The van der Waals surface area contributed by atoms with E-state index in [1.54, 1.807) is 0 Å². The van der Waals surface area contributed by atoms with Gasteiger partial charge in [0, 0.05) is 13.6 Å². The molecule has 0 unspecified atom stereocenters. The first-order valence-corrected chi connectivity index (χ1v) is 6.14.